The minimum atomic E-state index is -0.360. The largest absolute Gasteiger partial charge is 0.456 e. The number of hydrogen-bond acceptors (Lipinski definition) is 5. The first-order chi connectivity index (χ1) is 10.3. The number of furan rings is 1. The van der Waals surface area contributed by atoms with Crippen LogP contribution in [-0.2, 0) is 0 Å². The van der Waals surface area contributed by atoms with Gasteiger partial charge >= 0.3 is 0 Å². The van der Waals surface area contributed by atoms with E-state index < -0.39 is 0 Å². The van der Waals surface area contributed by atoms with Gasteiger partial charge in [-0.2, -0.15) is 0 Å². The highest BCUT2D eigenvalue weighted by molar-refractivity contribution is 7.27. The summed E-state index contributed by atoms with van der Waals surface area (Å²) < 4.78 is 21.9. The predicted molar refractivity (Wildman–Crippen MR) is 85.0 cm³/mol. The van der Waals surface area contributed by atoms with E-state index in [1.807, 2.05) is 12.1 Å². The van der Waals surface area contributed by atoms with Crippen molar-refractivity contribution in [2.24, 2.45) is 5.84 Å². The van der Waals surface area contributed by atoms with Gasteiger partial charge in [0.05, 0.1) is 0 Å². The molecule has 0 aliphatic rings. The fourth-order valence-electron chi connectivity index (χ4n) is 2.42. The summed E-state index contributed by atoms with van der Waals surface area (Å²) in [6.07, 6.45) is 0. The summed E-state index contributed by atoms with van der Waals surface area (Å²) in [4.78, 5) is 1.05. The summed E-state index contributed by atoms with van der Waals surface area (Å²) in [7, 11) is 0. The van der Waals surface area contributed by atoms with E-state index in [9.17, 15) is 4.39 Å². The van der Waals surface area contributed by atoms with E-state index in [4.69, 9.17) is 10.3 Å². The minimum Gasteiger partial charge on any atom is -0.456 e. The predicted octanol–water partition coefficient (Wildman–Crippen LogP) is 4.40. The molecule has 1 atom stereocenters. The second-order valence-corrected chi connectivity index (χ2v) is 6.77. The van der Waals surface area contributed by atoms with Gasteiger partial charge in [0.2, 0.25) is 0 Å². The van der Waals surface area contributed by atoms with Gasteiger partial charge in [-0.1, -0.05) is 12.1 Å². The fourth-order valence-corrected chi connectivity index (χ4v) is 4.61. The lowest BCUT2D eigenvalue weighted by molar-refractivity contribution is 0.468. The molecule has 0 bridgehead atoms. The molecule has 0 radical (unpaired) electrons. The summed E-state index contributed by atoms with van der Waals surface area (Å²) >= 11 is 3.35. The quantitative estimate of drug-likeness (QED) is 0.435. The SMILES string of the molecule is NNC(c1cc2cccc(F)c2o1)c1cc2sccc2s1. The fraction of sp³-hybridized carbons (Fsp3) is 0.0667. The Labute approximate surface area is 127 Å². The molecule has 3 heterocycles. The molecule has 0 saturated heterocycles. The third kappa shape index (κ3) is 2.08. The lowest BCUT2D eigenvalue weighted by Crippen LogP contribution is -2.27. The standard InChI is InChI=1S/C15H11FN2OS2/c16-9-3-1-2-8-6-10(19-15(8)9)14(18-17)13-7-12-11(21-13)4-5-20-12/h1-7,14,18H,17H2. The molecule has 1 aromatic carbocycles. The molecule has 0 spiro atoms. The van der Waals surface area contributed by atoms with Crippen molar-refractivity contribution >= 4 is 43.0 Å². The molecule has 3 aromatic heterocycles. The van der Waals surface area contributed by atoms with E-state index in [1.165, 1.54) is 15.5 Å². The highest BCUT2D eigenvalue weighted by Crippen LogP contribution is 2.37. The maximum Gasteiger partial charge on any atom is 0.169 e. The Morgan fingerprint density at radius 1 is 1.19 bits per heavy atom. The summed E-state index contributed by atoms with van der Waals surface area (Å²) in [6.45, 7) is 0. The van der Waals surface area contributed by atoms with E-state index in [2.05, 4.69) is 22.9 Å². The van der Waals surface area contributed by atoms with Crippen LogP contribution in [0.3, 0.4) is 0 Å². The van der Waals surface area contributed by atoms with Crippen molar-refractivity contribution in [3.05, 3.63) is 58.2 Å². The number of hydrogen-bond donors (Lipinski definition) is 2. The van der Waals surface area contributed by atoms with E-state index >= 15 is 0 Å². The van der Waals surface area contributed by atoms with Crippen LogP contribution in [0.25, 0.3) is 20.4 Å². The number of thiophene rings is 2. The zero-order chi connectivity index (χ0) is 14.4. The zero-order valence-electron chi connectivity index (χ0n) is 10.8. The van der Waals surface area contributed by atoms with Gasteiger partial charge < -0.3 is 4.42 Å². The first kappa shape index (κ1) is 13.0. The first-order valence-corrected chi connectivity index (χ1v) is 8.07. The normalized spacial score (nSPS) is 13.2. The number of hydrazine groups is 1. The summed E-state index contributed by atoms with van der Waals surface area (Å²) in [5.41, 5.74) is 3.03. The van der Waals surface area contributed by atoms with Gasteiger partial charge in [0.15, 0.2) is 11.4 Å². The number of para-hydroxylation sites is 1. The molecule has 0 aliphatic carbocycles. The van der Waals surface area contributed by atoms with Gasteiger partial charge in [0.1, 0.15) is 11.8 Å². The Kier molecular flexibility index (Phi) is 3.04. The Balaban J connectivity index is 1.83. The number of halogens is 1. The van der Waals surface area contributed by atoms with Gasteiger partial charge in [0.25, 0.3) is 0 Å². The van der Waals surface area contributed by atoms with Crippen LogP contribution in [0.15, 0.2) is 46.2 Å². The second-order valence-electron chi connectivity index (χ2n) is 4.70. The Morgan fingerprint density at radius 3 is 2.86 bits per heavy atom. The summed E-state index contributed by atoms with van der Waals surface area (Å²) in [5.74, 6) is 5.95. The van der Waals surface area contributed by atoms with Gasteiger partial charge in [-0.05, 0) is 29.6 Å². The summed E-state index contributed by atoms with van der Waals surface area (Å²) in [6, 6.07) is 10.6. The Bertz CT molecular complexity index is 896. The van der Waals surface area contributed by atoms with Gasteiger partial charge in [0, 0.05) is 19.7 Å². The third-order valence-electron chi connectivity index (χ3n) is 3.41. The molecule has 4 aromatic rings. The van der Waals surface area contributed by atoms with Crippen LogP contribution in [0.1, 0.15) is 16.7 Å². The molecule has 106 valence electrons. The monoisotopic (exact) mass is 318 g/mol. The van der Waals surface area contributed by atoms with Crippen LogP contribution in [0.2, 0.25) is 0 Å². The van der Waals surface area contributed by atoms with Crippen LogP contribution in [0, 0.1) is 5.82 Å². The molecule has 0 amide bonds. The number of fused-ring (bicyclic) bond motifs is 2. The summed E-state index contributed by atoms with van der Waals surface area (Å²) in [5, 5.41) is 2.80. The molecule has 3 nitrogen and oxygen atoms in total. The van der Waals surface area contributed by atoms with E-state index in [0.717, 1.165) is 10.3 Å². The van der Waals surface area contributed by atoms with Crippen molar-refractivity contribution < 1.29 is 8.81 Å². The Hall–Kier alpha value is -1.73. The van der Waals surface area contributed by atoms with Crippen molar-refractivity contribution in [2.45, 2.75) is 6.04 Å². The van der Waals surface area contributed by atoms with Crippen LogP contribution < -0.4 is 11.3 Å². The van der Waals surface area contributed by atoms with Gasteiger partial charge in [-0.15, -0.1) is 22.7 Å². The lowest BCUT2D eigenvalue weighted by Gasteiger charge is -2.10. The zero-order valence-corrected chi connectivity index (χ0v) is 12.4. The highest BCUT2D eigenvalue weighted by atomic mass is 32.1. The number of nitrogens with one attached hydrogen (secondary N) is 1. The van der Waals surface area contributed by atoms with E-state index in [-0.39, 0.29) is 17.4 Å². The molecule has 6 heteroatoms. The van der Waals surface area contributed by atoms with Crippen LogP contribution in [0.5, 0.6) is 0 Å². The first-order valence-electron chi connectivity index (χ1n) is 6.37. The van der Waals surface area contributed by atoms with Gasteiger partial charge in [-0.25, -0.2) is 9.82 Å². The number of rotatable bonds is 3. The molecule has 4 rings (SSSR count). The molecule has 1 unspecified atom stereocenters. The maximum absolute atomic E-state index is 13.7. The Morgan fingerprint density at radius 2 is 2.10 bits per heavy atom. The number of benzene rings is 1. The van der Waals surface area contributed by atoms with Crippen molar-refractivity contribution in [2.75, 3.05) is 0 Å². The van der Waals surface area contributed by atoms with E-state index in [0.29, 0.717) is 5.76 Å². The van der Waals surface area contributed by atoms with Crippen molar-refractivity contribution in [3.63, 3.8) is 0 Å². The molecular formula is C15H11FN2OS2. The van der Waals surface area contributed by atoms with E-state index in [1.54, 1.807) is 28.7 Å². The van der Waals surface area contributed by atoms with Crippen molar-refractivity contribution in [3.8, 4) is 0 Å². The molecule has 3 N–H and O–H groups in total. The molecule has 0 aliphatic heterocycles. The molecule has 0 fully saturated rings. The molecule has 21 heavy (non-hydrogen) atoms. The second kappa shape index (κ2) is 4.92. The van der Waals surface area contributed by atoms with Crippen LogP contribution >= 0.6 is 22.7 Å². The molecule has 0 saturated carbocycles. The third-order valence-corrected chi connectivity index (χ3v) is 5.57. The maximum atomic E-state index is 13.7. The average Bonchev–Trinajstić information content (AvgIpc) is 3.13. The average molecular weight is 318 g/mol. The lowest BCUT2D eigenvalue weighted by atomic mass is 10.2. The van der Waals surface area contributed by atoms with Crippen molar-refractivity contribution in [1.82, 2.24) is 5.43 Å². The smallest absolute Gasteiger partial charge is 0.169 e. The minimum absolute atomic E-state index is 0.270. The van der Waals surface area contributed by atoms with Crippen LogP contribution in [0.4, 0.5) is 4.39 Å². The van der Waals surface area contributed by atoms with Gasteiger partial charge in [-0.3, -0.25) is 5.84 Å². The highest BCUT2D eigenvalue weighted by Gasteiger charge is 2.21. The topological polar surface area (TPSA) is 51.2 Å². The van der Waals surface area contributed by atoms with Crippen molar-refractivity contribution in [1.29, 1.82) is 0 Å². The molecular weight excluding hydrogens is 307 g/mol. The number of nitrogens with two attached hydrogens (primary N) is 1. The van der Waals surface area contributed by atoms with Crippen LogP contribution in [-0.4, -0.2) is 0 Å².